The molecule has 1 fully saturated rings. The minimum Gasteiger partial charge on any atom is -0.368 e. The largest absolute Gasteiger partial charge is 0.368 e. The van der Waals surface area contributed by atoms with Crippen LogP contribution in [0.3, 0.4) is 0 Å². The predicted octanol–water partition coefficient (Wildman–Crippen LogP) is 7.21. The average molecular weight is 521 g/mol. The second-order valence-corrected chi connectivity index (χ2v) is 9.80. The Morgan fingerprint density at radius 2 is 1.42 bits per heavy atom. The van der Waals surface area contributed by atoms with Crippen molar-refractivity contribution in [3.05, 3.63) is 98.6 Å². The molecule has 1 aliphatic heterocycles. The van der Waals surface area contributed by atoms with Gasteiger partial charge in [-0.15, -0.1) is 0 Å². The van der Waals surface area contributed by atoms with Gasteiger partial charge in [0.25, 0.3) is 5.69 Å². The second kappa shape index (κ2) is 9.88. The molecule has 0 aliphatic carbocycles. The van der Waals surface area contributed by atoms with Crippen molar-refractivity contribution in [3.8, 4) is 22.4 Å². The Labute approximate surface area is 220 Å². The lowest BCUT2D eigenvalue weighted by Crippen LogP contribution is -2.46. The predicted molar refractivity (Wildman–Crippen MR) is 149 cm³/mol. The summed E-state index contributed by atoms with van der Waals surface area (Å²) < 4.78 is 2.14. The number of non-ortho nitro benzene ring substituents is 1. The van der Waals surface area contributed by atoms with E-state index in [9.17, 15) is 10.1 Å². The number of anilines is 2. The summed E-state index contributed by atoms with van der Waals surface area (Å²) in [7, 11) is 2.04. The highest BCUT2D eigenvalue weighted by Crippen LogP contribution is 2.42. The second-order valence-electron chi connectivity index (χ2n) is 8.99. The first-order valence-electron chi connectivity index (χ1n) is 11.8. The number of nitro groups is 1. The maximum absolute atomic E-state index is 10.9. The third-order valence-electron chi connectivity index (χ3n) is 6.94. The quantitative estimate of drug-likeness (QED) is 0.206. The van der Waals surface area contributed by atoms with Gasteiger partial charge >= 0.3 is 0 Å². The number of nitrogens with zero attached hydrogens (tertiary/aromatic N) is 4. The molecular weight excluding hydrogens is 495 g/mol. The number of aromatic nitrogens is 1. The summed E-state index contributed by atoms with van der Waals surface area (Å²) in [5.41, 5.74) is 7.50. The molecule has 1 saturated heterocycles. The summed E-state index contributed by atoms with van der Waals surface area (Å²) in [6.45, 7) is 5.41. The van der Waals surface area contributed by atoms with Crippen LogP contribution >= 0.6 is 23.2 Å². The van der Waals surface area contributed by atoms with Gasteiger partial charge in [0.15, 0.2) is 0 Å². The van der Waals surface area contributed by atoms with Crippen molar-refractivity contribution in [3.63, 3.8) is 0 Å². The van der Waals surface area contributed by atoms with E-state index in [0.29, 0.717) is 5.02 Å². The topological polar surface area (TPSA) is 54.6 Å². The molecule has 1 aliphatic rings. The molecule has 36 heavy (non-hydrogen) atoms. The van der Waals surface area contributed by atoms with Crippen LogP contribution < -0.4 is 9.80 Å². The molecule has 6 nitrogen and oxygen atoms in total. The van der Waals surface area contributed by atoms with Crippen molar-refractivity contribution in [1.82, 2.24) is 4.57 Å². The Morgan fingerprint density at radius 3 is 2.03 bits per heavy atom. The molecule has 0 radical (unpaired) electrons. The molecule has 0 N–H and O–H groups in total. The van der Waals surface area contributed by atoms with Crippen LogP contribution in [0.15, 0.2) is 72.8 Å². The molecule has 184 valence electrons. The van der Waals surface area contributed by atoms with Crippen LogP contribution in [-0.4, -0.2) is 35.7 Å². The zero-order valence-corrected chi connectivity index (χ0v) is 21.6. The van der Waals surface area contributed by atoms with Gasteiger partial charge in [-0.25, -0.2) is 0 Å². The van der Waals surface area contributed by atoms with Gasteiger partial charge in [-0.2, -0.15) is 0 Å². The fraction of sp³-hybridized carbons (Fsp3) is 0.214. The van der Waals surface area contributed by atoms with E-state index >= 15 is 0 Å². The first-order chi connectivity index (χ1) is 17.3. The summed E-state index contributed by atoms with van der Waals surface area (Å²) >= 11 is 13.0. The van der Waals surface area contributed by atoms with Gasteiger partial charge < -0.3 is 14.4 Å². The van der Waals surface area contributed by atoms with E-state index < -0.39 is 0 Å². The summed E-state index contributed by atoms with van der Waals surface area (Å²) in [5, 5.41) is 12.4. The van der Waals surface area contributed by atoms with E-state index in [0.717, 1.165) is 70.7 Å². The van der Waals surface area contributed by atoms with Crippen molar-refractivity contribution in [2.24, 2.45) is 7.05 Å². The highest BCUT2D eigenvalue weighted by molar-refractivity contribution is 6.35. The van der Waals surface area contributed by atoms with Gasteiger partial charge in [0.05, 0.1) is 15.6 Å². The first kappa shape index (κ1) is 24.2. The molecular formula is C28H26Cl2N4O2. The summed E-state index contributed by atoms with van der Waals surface area (Å²) in [5.74, 6) is 0. The van der Waals surface area contributed by atoms with E-state index in [2.05, 4.69) is 38.6 Å². The number of halogens is 2. The molecule has 0 amide bonds. The number of hydrogen-bond acceptors (Lipinski definition) is 4. The Morgan fingerprint density at radius 1 is 0.806 bits per heavy atom. The minimum absolute atomic E-state index is 0.113. The molecule has 3 aromatic carbocycles. The fourth-order valence-corrected chi connectivity index (χ4v) is 5.29. The SMILES string of the molecule is Cc1c(Cl)c(-c2cccc(N3CCN(c4ccc([N+](=O)[O-])cc4)CC3)c2)c(-c2ccc(Cl)cc2)n1C. The normalized spacial score (nSPS) is 13.8. The number of nitro benzene ring substituents is 1. The zero-order valence-electron chi connectivity index (χ0n) is 20.1. The van der Waals surface area contributed by atoms with E-state index in [-0.39, 0.29) is 10.6 Å². The van der Waals surface area contributed by atoms with Crippen LogP contribution in [0.1, 0.15) is 5.69 Å². The monoisotopic (exact) mass is 520 g/mol. The fourth-order valence-electron chi connectivity index (χ4n) is 4.84. The van der Waals surface area contributed by atoms with Gasteiger partial charge in [-0.05, 0) is 54.4 Å². The van der Waals surface area contributed by atoms with Crippen molar-refractivity contribution in [2.75, 3.05) is 36.0 Å². The molecule has 0 saturated carbocycles. The van der Waals surface area contributed by atoms with Crippen molar-refractivity contribution in [1.29, 1.82) is 0 Å². The van der Waals surface area contributed by atoms with Crippen LogP contribution in [0, 0.1) is 17.0 Å². The van der Waals surface area contributed by atoms with Crippen molar-refractivity contribution < 1.29 is 4.92 Å². The van der Waals surface area contributed by atoms with Gasteiger partial charge in [-0.3, -0.25) is 10.1 Å². The standard InChI is InChI=1S/C28H26Cl2N4O2/c1-19-27(30)26(28(31(19)2)20-6-8-22(29)9-7-20)21-4-3-5-25(18-21)33-16-14-32(15-17-33)23-10-12-24(13-11-23)34(35)36/h3-13,18H,14-17H2,1-2H3. The highest BCUT2D eigenvalue weighted by Gasteiger charge is 2.22. The lowest BCUT2D eigenvalue weighted by atomic mass is 10.00. The maximum atomic E-state index is 10.9. The number of benzene rings is 3. The average Bonchev–Trinajstić information content (AvgIpc) is 3.13. The summed E-state index contributed by atoms with van der Waals surface area (Å²) in [6.07, 6.45) is 0. The Kier molecular flexibility index (Phi) is 6.65. The molecule has 8 heteroatoms. The number of hydrogen-bond donors (Lipinski definition) is 0. The third kappa shape index (κ3) is 4.54. The third-order valence-corrected chi connectivity index (χ3v) is 7.65. The summed E-state index contributed by atoms with van der Waals surface area (Å²) in [4.78, 5) is 15.2. The molecule has 0 spiro atoms. The van der Waals surface area contributed by atoms with Crippen LogP contribution in [0.25, 0.3) is 22.4 Å². The number of piperazine rings is 1. The molecule has 1 aromatic heterocycles. The van der Waals surface area contributed by atoms with Gasteiger partial charge in [0.1, 0.15) is 0 Å². The van der Waals surface area contributed by atoms with Crippen LogP contribution in [0.2, 0.25) is 10.0 Å². The Bertz CT molecular complexity index is 1410. The van der Waals surface area contributed by atoms with Crippen molar-refractivity contribution >= 4 is 40.3 Å². The smallest absolute Gasteiger partial charge is 0.269 e. The molecule has 4 aromatic rings. The van der Waals surface area contributed by atoms with E-state index in [1.807, 2.05) is 50.4 Å². The van der Waals surface area contributed by atoms with Crippen LogP contribution in [0.4, 0.5) is 17.1 Å². The highest BCUT2D eigenvalue weighted by atomic mass is 35.5. The minimum atomic E-state index is -0.368. The van der Waals surface area contributed by atoms with Crippen LogP contribution in [-0.2, 0) is 7.05 Å². The van der Waals surface area contributed by atoms with E-state index in [4.69, 9.17) is 23.2 Å². The van der Waals surface area contributed by atoms with Crippen molar-refractivity contribution in [2.45, 2.75) is 6.92 Å². The summed E-state index contributed by atoms with van der Waals surface area (Å²) in [6, 6.07) is 23.2. The zero-order chi connectivity index (χ0) is 25.4. The van der Waals surface area contributed by atoms with Crippen LogP contribution in [0.5, 0.6) is 0 Å². The molecule has 5 rings (SSSR count). The lowest BCUT2D eigenvalue weighted by Gasteiger charge is -2.37. The number of rotatable bonds is 5. The van der Waals surface area contributed by atoms with E-state index in [1.165, 1.54) is 0 Å². The molecule has 0 bridgehead atoms. The Hall–Kier alpha value is -3.48. The maximum Gasteiger partial charge on any atom is 0.269 e. The van der Waals surface area contributed by atoms with Gasteiger partial charge in [-0.1, -0.05) is 47.5 Å². The van der Waals surface area contributed by atoms with Gasteiger partial charge in [0.2, 0.25) is 0 Å². The Balaban J connectivity index is 1.40. The molecule has 0 unspecified atom stereocenters. The molecule has 0 atom stereocenters. The lowest BCUT2D eigenvalue weighted by molar-refractivity contribution is -0.384. The van der Waals surface area contributed by atoms with E-state index in [1.54, 1.807) is 12.1 Å². The first-order valence-corrected chi connectivity index (χ1v) is 12.5. The van der Waals surface area contributed by atoms with Gasteiger partial charge in [0, 0.05) is 73.0 Å². The molecule has 2 heterocycles.